The van der Waals surface area contributed by atoms with Crippen molar-refractivity contribution in [3.8, 4) is 5.75 Å². The van der Waals surface area contributed by atoms with E-state index in [2.05, 4.69) is 29.2 Å². The summed E-state index contributed by atoms with van der Waals surface area (Å²) in [5.74, 6) is 0.441. The molecule has 0 aliphatic carbocycles. The second kappa shape index (κ2) is 12.5. The molecule has 1 saturated heterocycles. The van der Waals surface area contributed by atoms with Gasteiger partial charge >= 0.3 is 0 Å². The second-order valence-corrected chi connectivity index (χ2v) is 10.7. The molecule has 3 aromatic rings. The first-order valence-corrected chi connectivity index (χ1v) is 14.1. The minimum atomic E-state index is -0.242. The fourth-order valence-electron chi connectivity index (χ4n) is 4.88. The van der Waals surface area contributed by atoms with Gasteiger partial charge in [-0.05, 0) is 53.8 Å². The average Bonchev–Trinajstić information content (AvgIpc) is 3.67. The number of thiophene rings is 1. The summed E-state index contributed by atoms with van der Waals surface area (Å²) in [5.41, 5.74) is 3.95. The first-order chi connectivity index (χ1) is 19.0. The van der Waals surface area contributed by atoms with Crippen LogP contribution in [0.1, 0.15) is 38.8 Å². The van der Waals surface area contributed by atoms with Gasteiger partial charge in [0.1, 0.15) is 12.3 Å². The summed E-state index contributed by atoms with van der Waals surface area (Å²) in [7, 11) is 1.64. The van der Waals surface area contributed by atoms with Crippen molar-refractivity contribution < 1.29 is 19.1 Å². The Morgan fingerprint density at radius 2 is 1.82 bits per heavy atom. The lowest BCUT2D eigenvalue weighted by Crippen LogP contribution is -2.46. The van der Waals surface area contributed by atoms with E-state index in [9.17, 15) is 9.59 Å². The number of nitrogens with zero attached hydrogens (tertiary/aromatic N) is 4. The number of benzene rings is 2. The molecule has 0 radical (unpaired) electrons. The Hall–Kier alpha value is -3.53. The van der Waals surface area contributed by atoms with Gasteiger partial charge < -0.3 is 14.4 Å². The number of aryl methyl sites for hydroxylation is 1. The zero-order valence-corrected chi connectivity index (χ0v) is 23.2. The molecule has 39 heavy (non-hydrogen) atoms. The molecular weight excluding hydrogens is 512 g/mol. The Morgan fingerprint density at radius 3 is 2.49 bits per heavy atom. The third kappa shape index (κ3) is 6.55. The summed E-state index contributed by atoms with van der Waals surface area (Å²) in [6, 6.07) is 19.4. The van der Waals surface area contributed by atoms with Crippen LogP contribution >= 0.6 is 11.3 Å². The van der Waals surface area contributed by atoms with Crippen LogP contribution in [-0.2, 0) is 9.53 Å². The Bertz CT molecular complexity index is 1290. The molecule has 0 N–H and O–H groups in total. The van der Waals surface area contributed by atoms with Gasteiger partial charge in [-0.1, -0.05) is 35.9 Å². The van der Waals surface area contributed by atoms with Gasteiger partial charge in [-0.15, -0.1) is 11.3 Å². The second-order valence-electron chi connectivity index (χ2n) is 9.80. The SMILES string of the molecule is COc1ccc(C2=NN(C(=O)CN(CCN3CCOCC3)C(=O)c3cccs3)[C@@H](c3ccc(C)cc3)C2)cc1. The maximum absolute atomic E-state index is 13.9. The highest BCUT2D eigenvalue weighted by Crippen LogP contribution is 2.33. The van der Waals surface area contributed by atoms with E-state index in [1.54, 1.807) is 17.0 Å². The fraction of sp³-hybridized carbons (Fsp3) is 0.367. The van der Waals surface area contributed by atoms with Crippen molar-refractivity contribution >= 4 is 28.9 Å². The van der Waals surface area contributed by atoms with E-state index in [4.69, 9.17) is 14.6 Å². The summed E-state index contributed by atoms with van der Waals surface area (Å²) in [5, 5.41) is 8.28. The molecule has 0 bridgehead atoms. The quantitative estimate of drug-likeness (QED) is 0.402. The number of hydrogen-bond donors (Lipinski definition) is 0. The van der Waals surface area contributed by atoms with Crippen LogP contribution < -0.4 is 4.74 Å². The number of rotatable bonds is 9. The van der Waals surface area contributed by atoms with E-state index in [0.29, 0.717) is 37.6 Å². The molecule has 204 valence electrons. The van der Waals surface area contributed by atoms with Gasteiger partial charge in [0.25, 0.3) is 11.8 Å². The molecule has 8 nitrogen and oxygen atoms in total. The molecule has 2 amide bonds. The van der Waals surface area contributed by atoms with E-state index in [1.807, 2.05) is 48.7 Å². The smallest absolute Gasteiger partial charge is 0.264 e. The maximum Gasteiger partial charge on any atom is 0.264 e. The minimum Gasteiger partial charge on any atom is -0.497 e. The molecule has 0 saturated carbocycles. The van der Waals surface area contributed by atoms with Crippen molar-refractivity contribution in [2.75, 3.05) is 53.0 Å². The molecule has 2 aliphatic rings. The number of morpholine rings is 1. The number of methoxy groups -OCH3 is 1. The van der Waals surface area contributed by atoms with E-state index >= 15 is 0 Å². The summed E-state index contributed by atoms with van der Waals surface area (Å²) in [6.45, 7) is 6.18. The van der Waals surface area contributed by atoms with Crippen molar-refractivity contribution in [1.82, 2.24) is 14.8 Å². The Balaban J connectivity index is 1.39. The van der Waals surface area contributed by atoms with E-state index in [-0.39, 0.29) is 24.4 Å². The topological polar surface area (TPSA) is 74.7 Å². The molecule has 3 heterocycles. The van der Waals surface area contributed by atoms with Gasteiger partial charge in [0.15, 0.2) is 0 Å². The number of carbonyl (C=O) groups excluding carboxylic acids is 2. The zero-order valence-electron chi connectivity index (χ0n) is 22.4. The van der Waals surface area contributed by atoms with Gasteiger partial charge in [-0.25, -0.2) is 5.01 Å². The first-order valence-electron chi connectivity index (χ1n) is 13.3. The number of carbonyl (C=O) groups is 2. The first kappa shape index (κ1) is 27.1. The van der Waals surface area contributed by atoms with Gasteiger partial charge in [-0.3, -0.25) is 14.5 Å². The molecule has 2 aromatic carbocycles. The predicted octanol–water partition coefficient (Wildman–Crippen LogP) is 4.22. The molecule has 0 spiro atoms. The lowest BCUT2D eigenvalue weighted by molar-refractivity contribution is -0.133. The fourth-order valence-corrected chi connectivity index (χ4v) is 5.57. The number of amides is 2. The van der Waals surface area contributed by atoms with Crippen LogP contribution in [0.2, 0.25) is 0 Å². The lowest BCUT2D eigenvalue weighted by atomic mass is 9.97. The average molecular weight is 547 g/mol. The predicted molar refractivity (Wildman–Crippen MR) is 152 cm³/mol. The minimum absolute atomic E-state index is 0.0389. The Morgan fingerprint density at radius 1 is 1.08 bits per heavy atom. The van der Waals surface area contributed by atoms with Gasteiger partial charge in [0, 0.05) is 32.6 Å². The third-order valence-corrected chi connectivity index (χ3v) is 8.04. The normalized spacial score (nSPS) is 17.6. The Labute approximate surface area is 233 Å². The molecule has 0 unspecified atom stereocenters. The van der Waals surface area contributed by atoms with Crippen LogP contribution in [0.25, 0.3) is 0 Å². The molecule has 1 aromatic heterocycles. The van der Waals surface area contributed by atoms with Crippen LogP contribution in [0.4, 0.5) is 0 Å². The van der Waals surface area contributed by atoms with Crippen LogP contribution in [0.5, 0.6) is 5.75 Å². The van der Waals surface area contributed by atoms with Crippen molar-refractivity contribution in [2.45, 2.75) is 19.4 Å². The van der Waals surface area contributed by atoms with Crippen LogP contribution in [0.3, 0.4) is 0 Å². The highest BCUT2D eigenvalue weighted by molar-refractivity contribution is 7.12. The highest BCUT2D eigenvalue weighted by atomic mass is 32.1. The summed E-state index contributed by atoms with van der Waals surface area (Å²) < 4.78 is 10.8. The van der Waals surface area contributed by atoms with Crippen LogP contribution in [0.15, 0.2) is 71.1 Å². The zero-order chi connectivity index (χ0) is 27.2. The lowest BCUT2D eigenvalue weighted by Gasteiger charge is -2.31. The van der Waals surface area contributed by atoms with E-state index in [1.165, 1.54) is 11.3 Å². The Kier molecular flexibility index (Phi) is 8.71. The van der Waals surface area contributed by atoms with Crippen LogP contribution in [0, 0.1) is 6.92 Å². The van der Waals surface area contributed by atoms with Crippen LogP contribution in [-0.4, -0.2) is 85.4 Å². The maximum atomic E-state index is 13.9. The molecule has 5 rings (SSSR count). The number of ether oxygens (including phenoxy) is 2. The molecule has 1 atom stereocenters. The van der Waals surface area contributed by atoms with Gasteiger partial charge in [0.2, 0.25) is 0 Å². The largest absolute Gasteiger partial charge is 0.497 e. The van der Waals surface area contributed by atoms with Crippen molar-refractivity contribution in [2.24, 2.45) is 5.10 Å². The van der Waals surface area contributed by atoms with Crippen molar-refractivity contribution in [1.29, 1.82) is 0 Å². The van der Waals surface area contributed by atoms with Gasteiger partial charge in [-0.2, -0.15) is 5.10 Å². The molecule has 2 aliphatic heterocycles. The van der Waals surface area contributed by atoms with Gasteiger partial charge in [0.05, 0.1) is 37.0 Å². The van der Waals surface area contributed by atoms with E-state index in [0.717, 1.165) is 41.2 Å². The standard InChI is InChI=1S/C30H34N4O4S/c1-22-5-7-24(8-6-22)27-20-26(23-9-11-25(37-2)12-10-23)31-34(27)29(35)21-33(30(36)28-4-3-19-39-28)14-13-32-15-17-38-18-16-32/h3-12,19,27H,13-18,20-21H2,1-2H3/t27-/m1/s1. The van der Waals surface area contributed by atoms with E-state index < -0.39 is 0 Å². The van der Waals surface area contributed by atoms with Crippen molar-refractivity contribution in [3.63, 3.8) is 0 Å². The summed E-state index contributed by atoms with van der Waals surface area (Å²) >= 11 is 1.39. The summed E-state index contributed by atoms with van der Waals surface area (Å²) in [4.78, 5) is 31.9. The molecular formula is C30H34N4O4S. The third-order valence-electron chi connectivity index (χ3n) is 7.19. The number of hydrazone groups is 1. The molecule has 1 fully saturated rings. The highest BCUT2D eigenvalue weighted by Gasteiger charge is 2.34. The number of hydrogen-bond acceptors (Lipinski definition) is 7. The summed E-state index contributed by atoms with van der Waals surface area (Å²) in [6.07, 6.45) is 0.591. The molecule has 9 heteroatoms. The monoisotopic (exact) mass is 546 g/mol. The van der Waals surface area contributed by atoms with Crippen molar-refractivity contribution in [3.05, 3.63) is 87.6 Å².